The van der Waals surface area contributed by atoms with Crippen LogP contribution in [0.3, 0.4) is 0 Å². The van der Waals surface area contributed by atoms with Crippen LogP contribution in [-0.4, -0.2) is 15.9 Å². The summed E-state index contributed by atoms with van der Waals surface area (Å²) in [5.41, 5.74) is 3.54. The van der Waals surface area contributed by atoms with Gasteiger partial charge in [0.1, 0.15) is 18.2 Å². The molecule has 0 saturated heterocycles. The molecule has 0 saturated carbocycles. The van der Waals surface area contributed by atoms with Crippen molar-refractivity contribution in [1.82, 2.24) is 9.66 Å². The smallest absolute Gasteiger partial charge is 0.282 e. The van der Waals surface area contributed by atoms with E-state index >= 15 is 0 Å². The normalized spacial score (nSPS) is 11.6. The molecule has 34 heavy (non-hydrogen) atoms. The first-order valence-corrected chi connectivity index (χ1v) is 13.0. The van der Waals surface area contributed by atoms with E-state index in [9.17, 15) is 4.79 Å². The predicted molar refractivity (Wildman–Crippen MR) is 148 cm³/mol. The van der Waals surface area contributed by atoms with Crippen LogP contribution in [0.15, 0.2) is 77.9 Å². The second kappa shape index (κ2) is 10.5. The van der Waals surface area contributed by atoms with Gasteiger partial charge in [0.15, 0.2) is 0 Å². The van der Waals surface area contributed by atoms with E-state index in [1.807, 2.05) is 50.2 Å². The first-order valence-electron chi connectivity index (χ1n) is 10.7. The summed E-state index contributed by atoms with van der Waals surface area (Å²) in [4.78, 5) is 17.9. The Bertz CT molecular complexity index is 1440. The molecule has 1 heterocycles. The minimum Gasteiger partial charge on any atom is -0.487 e. The fourth-order valence-corrected chi connectivity index (χ4v) is 5.34. The van der Waals surface area contributed by atoms with Gasteiger partial charge in [-0.25, -0.2) is 4.98 Å². The molecule has 0 N–H and O–H groups in total. The van der Waals surface area contributed by atoms with Gasteiger partial charge in [-0.15, -0.1) is 0 Å². The Hall–Kier alpha value is -2.29. The molecule has 0 atom stereocenters. The average molecular weight is 648 g/mol. The number of ether oxygens (including phenoxy) is 1. The first-order chi connectivity index (χ1) is 16.2. The number of nitrogens with zero attached hydrogens (tertiary/aromatic N) is 3. The van der Waals surface area contributed by atoms with Crippen LogP contribution < -0.4 is 10.3 Å². The summed E-state index contributed by atoms with van der Waals surface area (Å²) < 4.78 is 9.82. The van der Waals surface area contributed by atoms with Crippen LogP contribution >= 0.6 is 47.8 Å². The molecule has 5 nitrogen and oxygen atoms in total. The Morgan fingerprint density at radius 3 is 2.47 bits per heavy atom. The van der Waals surface area contributed by atoms with Crippen LogP contribution in [0.2, 0.25) is 0 Å². The molecule has 1 aromatic heterocycles. The van der Waals surface area contributed by atoms with Crippen molar-refractivity contribution in [3.63, 3.8) is 0 Å². The van der Waals surface area contributed by atoms with Gasteiger partial charge in [0.2, 0.25) is 0 Å². The van der Waals surface area contributed by atoms with Gasteiger partial charge in [0.25, 0.3) is 5.56 Å². The van der Waals surface area contributed by atoms with Crippen molar-refractivity contribution >= 4 is 64.9 Å². The van der Waals surface area contributed by atoms with Gasteiger partial charge < -0.3 is 4.74 Å². The van der Waals surface area contributed by atoms with Crippen LogP contribution in [-0.2, 0) is 6.61 Å². The Kier molecular flexibility index (Phi) is 7.70. The molecular weight excluding hydrogens is 626 g/mol. The number of halogens is 3. The summed E-state index contributed by atoms with van der Waals surface area (Å²) in [6, 6.07) is 17.5. The molecule has 0 aliphatic heterocycles. The summed E-state index contributed by atoms with van der Waals surface area (Å²) in [5, 5.41) is 5.02. The summed E-state index contributed by atoms with van der Waals surface area (Å²) in [6.07, 6.45) is 1.65. The van der Waals surface area contributed by atoms with Crippen LogP contribution in [0.5, 0.6) is 5.75 Å². The number of hydrogen-bond acceptors (Lipinski definition) is 4. The van der Waals surface area contributed by atoms with Crippen LogP contribution in [0, 0.1) is 6.92 Å². The molecule has 0 fully saturated rings. The lowest BCUT2D eigenvalue weighted by Gasteiger charge is -2.13. The van der Waals surface area contributed by atoms with E-state index in [4.69, 9.17) is 4.74 Å². The second-order valence-electron chi connectivity index (χ2n) is 8.24. The Morgan fingerprint density at radius 2 is 1.79 bits per heavy atom. The lowest BCUT2D eigenvalue weighted by molar-refractivity contribution is 0.302. The number of fused-ring (bicyclic) bond motifs is 1. The summed E-state index contributed by atoms with van der Waals surface area (Å²) in [6.45, 7) is 6.50. The molecule has 0 radical (unpaired) electrons. The SMILES string of the molecule is Cc1cccc(COc2c(Br)cc(C=Nn3c(C(C)C)nc4ccc(Br)cc4c3=O)cc2Br)c1. The van der Waals surface area contributed by atoms with E-state index in [-0.39, 0.29) is 11.5 Å². The third kappa shape index (κ3) is 5.50. The lowest BCUT2D eigenvalue weighted by Crippen LogP contribution is -2.23. The maximum atomic E-state index is 13.2. The molecule has 0 aliphatic carbocycles. The van der Waals surface area contributed by atoms with Gasteiger partial charge in [-0.1, -0.05) is 59.6 Å². The molecule has 4 aromatic rings. The zero-order valence-electron chi connectivity index (χ0n) is 18.8. The fourth-order valence-electron chi connectivity index (χ4n) is 3.52. The minimum absolute atomic E-state index is 0.0220. The van der Waals surface area contributed by atoms with E-state index in [1.54, 1.807) is 12.3 Å². The van der Waals surface area contributed by atoms with Gasteiger partial charge in [0.05, 0.1) is 26.1 Å². The third-order valence-corrected chi connectivity index (χ3v) is 6.83. The van der Waals surface area contributed by atoms with Crippen molar-refractivity contribution in [1.29, 1.82) is 0 Å². The molecular formula is C26H22Br3N3O2. The molecule has 0 amide bonds. The van der Waals surface area contributed by atoms with Crippen molar-refractivity contribution in [2.24, 2.45) is 5.10 Å². The minimum atomic E-state index is -0.206. The van der Waals surface area contributed by atoms with E-state index < -0.39 is 0 Å². The largest absolute Gasteiger partial charge is 0.487 e. The standard InChI is InChI=1S/C26H22Br3N3O2/c1-15(2)25-31-23-8-7-19(27)12-20(23)26(33)32(25)30-13-18-10-21(28)24(22(29)11-18)34-14-17-6-4-5-16(3)9-17/h4-13,15H,14H2,1-3H3. The van der Waals surface area contributed by atoms with E-state index in [1.165, 1.54) is 10.2 Å². The number of benzene rings is 3. The zero-order chi connectivity index (χ0) is 24.4. The number of aryl methyl sites for hydroxylation is 1. The van der Waals surface area contributed by atoms with E-state index in [0.29, 0.717) is 29.1 Å². The highest BCUT2D eigenvalue weighted by Gasteiger charge is 2.14. The van der Waals surface area contributed by atoms with Crippen LogP contribution in [0.4, 0.5) is 0 Å². The van der Waals surface area contributed by atoms with Crippen molar-refractivity contribution in [3.8, 4) is 5.75 Å². The van der Waals surface area contributed by atoms with Gasteiger partial charge in [-0.3, -0.25) is 4.79 Å². The van der Waals surface area contributed by atoms with Crippen LogP contribution in [0.25, 0.3) is 10.9 Å². The number of aromatic nitrogens is 2. The van der Waals surface area contributed by atoms with Crippen molar-refractivity contribution in [2.45, 2.75) is 33.3 Å². The predicted octanol–water partition coefficient (Wildman–Crippen LogP) is 7.58. The quantitative estimate of drug-likeness (QED) is 0.203. The number of rotatable bonds is 6. The Labute approximate surface area is 223 Å². The van der Waals surface area contributed by atoms with Gasteiger partial charge in [-0.05, 0) is 80.2 Å². The van der Waals surface area contributed by atoms with E-state index in [2.05, 4.69) is 76.9 Å². The topological polar surface area (TPSA) is 56.5 Å². The molecule has 0 aliphatic rings. The maximum Gasteiger partial charge on any atom is 0.282 e. The van der Waals surface area contributed by atoms with Crippen molar-refractivity contribution < 1.29 is 4.74 Å². The zero-order valence-corrected chi connectivity index (χ0v) is 23.6. The third-order valence-electron chi connectivity index (χ3n) is 5.16. The van der Waals surface area contributed by atoms with Gasteiger partial charge >= 0.3 is 0 Å². The molecule has 4 rings (SSSR count). The Morgan fingerprint density at radius 1 is 1.06 bits per heavy atom. The molecule has 0 spiro atoms. The molecule has 3 aromatic carbocycles. The fraction of sp³-hybridized carbons (Fsp3) is 0.192. The monoisotopic (exact) mass is 645 g/mol. The van der Waals surface area contributed by atoms with Gasteiger partial charge in [0, 0.05) is 10.4 Å². The summed E-state index contributed by atoms with van der Waals surface area (Å²) in [7, 11) is 0. The second-order valence-corrected chi connectivity index (χ2v) is 10.9. The maximum absolute atomic E-state index is 13.2. The molecule has 8 heteroatoms. The Balaban J connectivity index is 1.66. The summed E-state index contributed by atoms with van der Waals surface area (Å²) in [5.74, 6) is 1.33. The van der Waals surface area contributed by atoms with Crippen LogP contribution in [0.1, 0.15) is 42.3 Å². The highest BCUT2D eigenvalue weighted by Crippen LogP contribution is 2.35. The van der Waals surface area contributed by atoms with E-state index in [0.717, 1.165) is 24.5 Å². The highest BCUT2D eigenvalue weighted by atomic mass is 79.9. The van der Waals surface area contributed by atoms with Gasteiger partial charge in [-0.2, -0.15) is 9.78 Å². The summed E-state index contributed by atoms with van der Waals surface area (Å²) >= 11 is 10.6. The lowest BCUT2D eigenvalue weighted by atomic mass is 10.1. The molecule has 0 bridgehead atoms. The molecule has 174 valence electrons. The number of hydrogen-bond donors (Lipinski definition) is 0. The average Bonchev–Trinajstić information content (AvgIpc) is 2.78. The van der Waals surface area contributed by atoms with Crippen molar-refractivity contribution in [2.75, 3.05) is 0 Å². The first kappa shape index (κ1) is 24.8. The van der Waals surface area contributed by atoms with Crippen molar-refractivity contribution in [3.05, 3.63) is 101 Å². The highest BCUT2D eigenvalue weighted by molar-refractivity contribution is 9.11. The molecule has 0 unspecified atom stereocenters.